The highest BCUT2D eigenvalue weighted by Gasteiger charge is 2.19. The lowest BCUT2D eigenvalue weighted by molar-refractivity contribution is 0.206. The Kier molecular flexibility index (Phi) is 13.8. The number of hydrogen-bond donors (Lipinski definition) is 2. The van der Waals surface area contributed by atoms with Gasteiger partial charge in [-0.25, -0.2) is 0 Å². The molecule has 5 nitrogen and oxygen atoms in total. The van der Waals surface area contributed by atoms with Gasteiger partial charge in [0.05, 0.1) is 7.11 Å². The largest absolute Gasteiger partial charge is 0.496 e. The molecular formula is C22H39IN4OS. The lowest BCUT2D eigenvalue weighted by atomic mass is 10.1. The highest BCUT2D eigenvalue weighted by atomic mass is 127. The summed E-state index contributed by atoms with van der Waals surface area (Å²) in [6.07, 6.45) is 3.64. The van der Waals surface area contributed by atoms with Crippen LogP contribution in [0.25, 0.3) is 0 Å². The highest BCUT2D eigenvalue weighted by Crippen LogP contribution is 2.30. The van der Waals surface area contributed by atoms with Crippen molar-refractivity contribution in [2.45, 2.75) is 51.0 Å². The molecule has 0 spiro atoms. The number of thioether (sulfide) groups is 1. The SMILES string of the molecule is CCCN1CCC(NC(=NCC(C)CSc2ccccc2OC)NCC)CC1.I. The van der Waals surface area contributed by atoms with E-state index in [1.54, 1.807) is 7.11 Å². The first-order valence-corrected chi connectivity index (χ1v) is 11.7. The van der Waals surface area contributed by atoms with E-state index in [4.69, 9.17) is 9.73 Å². The molecule has 1 fully saturated rings. The Morgan fingerprint density at radius 1 is 1.28 bits per heavy atom. The maximum absolute atomic E-state index is 5.44. The van der Waals surface area contributed by atoms with Crippen LogP contribution in [0.5, 0.6) is 5.75 Å². The van der Waals surface area contributed by atoms with Crippen molar-refractivity contribution in [1.82, 2.24) is 15.5 Å². The van der Waals surface area contributed by atoms with E-state index in [2.05, 4.69) is 48.4 Å². The van der Waals surface area contributed by atoms with Crippen molar-refractivity contribution in [1.29, 1.82) is 0 Å². The number of piperidine rings is 1. The standard InChI is InChI=1S/C22H38N4OS.HI/c1-5-13-26-14-11-19(12-15-26)25-22(23-6-2)24-16-18(3)17-28-21-10-8-7-9-20(21)27-4;/h7-10,18-19H,5-6,11-17H2,1-4H3,(H2,23,24,25);1H. The fourth-order valence-electron chi connectivity index (χ4n) is 3.40. The molecule has 1 atom stereocenters. The number of ether oxygens (including phenoxy) is 1. The summed E-state index contributed by atoms with van der Waals surface area (Å²) in [5, 5.41) is 7.06. The van der Waals surface area contributed by atoms with Gasteiger partial charge in [-0.05, 0) is 50.8 Å². The molecule has 1 aliphatic heterocycles. The van der Waals surface area contributed by atoms with Crippen molar-refractivity contribution in [2.24, 2.45) is 10.9 Å². The molecule has 29 heavy (non-hydrogen) atoms. The number of nitrogens with one attached hydrogen (secondary N) is 2. The molecule has 1 aromatic carbocycles. The third-order valence-corrected chi connectivity index (χ3v) is 6.35. The summed E-state index contributed by atoms with van der Waals surface area (Å²) < 4.78 is 5.44. The van der Waals surface area contributed by atoms with Crippen LogP contribution in [-0.2, 0) is 0 Å². The molecule has 0 amide bonds. The molecule has 0 aliphatic carbocycles. The number of benzene rings is 1. The summed E-state index contributed by atoms with van der Waals surface area (Å²) in [5.74, 6) is 3.44. The third kappa shape index (κ3) is 9.79. The molecule has 0 saturated carbocycles. The van der Waals surface area contributed by atoms with Crippen LogP contribution in [0.15, 0.2) is 34.2 Å². The number of methoxy groups -OCH3 is 1. The summed E-state index contributed by atoms with van der Waals surface area (Å²) in [7, 11) is 1.73. The van der Waals surface area contributed by atoms with Gasteiger partial charge in [0.25, 0.3) is 0 Å². The van der Waals surface area contributed by atoms with Crippen LogP contribution in [0.1, 0.15) is 40.0 Å². The summed E-state index contributed by atoms with van der Waals surface area (Å²) in [5.41, 5.74) is 0. The minimum atomic E-state index is 0. The van der Waals surface area contributed by atoms with Crippen LogP contribution >= 0.6 is 35.7 Å². The number of nitrogens with zero attached hydrogens (tertiary/aromatic N) is 2. The molecule has 0 aromatic heterocycles. The Labute approximate surface area is 198 Å². The van der Waals surface area contributed by atoms with Crippen molar-refractivity contribution in [2.75, 3.05) is 45.6 Å². The van der Waals surface area contributed by atoms with Crippen LogP contribution in [0.2, 0.25) is 0 Å². The average Bonchev–Trinajstić information content (AvgIpc) is 2.72. The summed E-state index contributed by atoms with van der Waals surface area (Å²) in [6.45, 7) is 12.0. The topological polar surface area (TPSA) is 48.9 Å². The quantitative estimate of drug-likeness (QED) is 0.201. The van der Waals surface area contributed by atoms with Gasteiger partial charge in [-0.2, -0.15) is 0 Å². The van der Waals surface area contributed by atoms with Gasteiger partial charge in [-0.15, -0.1) is 35.7 Å². The first-order valence-electron chi connectivity index (χ1n) is 10.7. The van der Waals surface area contributed by atoms with E-state index >= 15 is 0 Å². The van der Waals surface area contributed by atoms with Crippen molar-refractivity contribution < 1.29 is 4.74 Å². The number of halogens is 1. The van der Waals surface area contributed by atoms with Gasteiger partial charge < -0.3 is 20.3 Å². The smallest absolute Gasteiger partial charge is 0.191 e. The van der Waals surface area contributed by atoms with E-state index < -0.39 is 0 Å². The Bertz CT molecular complexity index is 594. The normalized spacial score (nSPS) is 16.8. The van der Waals surface area contributed by atoms with Crippen LogP contribution in [-0.4, -0.2) is 62.5 Å². The van der Waals surface area contributed by atoms with Crippen LogP contribution in [0.4, 0.5) is 0 Å². The Morgan fingerprint density at radius 3 is 2.66 bits per heavy atom. The molecular weight excluding hydrogens is 495 g/mol. The molecule has 1 aromatic rings. The monoisotopic (exact) mass is 534 g/mol. The van der Waals surface area contributed by atoms with E-state index in [0.717, 1.165) is 30.6 Å². The number of hydrogen-bond acceptors (Lipinski definition) is 4. The number of rotatable bonds is 10. The fraction of sp³-hybridized carbons (Fsp3) is 0.682. The molecule has 0 bridgehead atoms. The average molecular weight is 535 g/mol. The van der Waals surface area contributed by atoms with E-state index in [-0.39, 0.29) is 24.0 Å². The van der Waals surface area contributed by atoms with Crippen molar-refractivity contribution >= 4 is 41.7 Å². The van der Waals surface area contributed by atoms with E-state index in [1.165, 1.54) is 43.8 Å². The maximum atomic E-state index is 5.44. The number of aliphatic imine (C=N–C) groups is 1. The maximum Gasteiger partial charge on any atom is 0.191 e. The van der Waals surface area contributed by atoms with Gasteiger partial charge in [0.1, 0.15) is 5.75 Å². The first-order chi connectivity index (χ1) is 13.7. The Morgan fingerprint density at radius 2 is 2.00 bits per heavy atom. The summed E-state index contributed by atoms with van der Waals surface area (Å²) in [4.78, 5) is 8.62. The minimum absolute atomic E-state index is 0. The zero-order valence-electron chi connectivity index (χ0n) is 18.4. The summed E-state index contributed by atoms with van der Waals surface area (Å²) >= 11 is 1.84. The number of likely N-dealkylation sites (tertiary alicyclic amines) is 1. The molecule has 1 unspecified atom stereocenters. The minimum Gasteiger partial charge on any atom is -0.496 e. The Hall–Kier alpha value is -0.670. The first kappa shape index (κ1) is 26.4. The van der Waals surface area contributed by atoms with Crippen molar-refractivity contribution in [3.05, 3.63) is 24.3 Å². The van der Waals surface area contributed by atoms with Gasteiger partial charge in [-0.1, -0.05) is 26.0 Å². The molecule has 1 saturated heterocycles. The predicted octanol–water partition coefficient (Wildman–Crippen LogP) is 4.47. The van der Waals surface area contributed by atoms with E-state index in [1.807, 2.05) is 23.9 Å². The zero-order valence-corrected chi connectivity index (χ0v) is 21.6. The van der Waals surface area contributed by atoms with Gasteiger partial charge in [0.2, 0.25) is 0 Å². The molecule has 1 heterocycles. The van der Waals surface area contributed by atoms with Gasteiger partial charge >= 0.3 is 0 Å². The molecule has 7 heteroatoms. The summed E-state index contributed by atoms with van der Waals surface area (Å²) in [6, 6.07) is 8.74. The zero-order chi connectivity index (χ0) is 20.2. The van der Waals surface area contributed by atoms with Crippen LogP contribution in [0, 0.1) is 5.92 Å². The van der Waals surface area contributed by atoms with E-state index in [0.29, 0.717) is 12.0 Å². The predicted molar refractivity (Wildman–Crippen MR) is 137 cm³/mol. The molecule has 2 N–H and O–H groups in total. The molecule has 1 aliphatic rings. The van der Waals surface area contributed by atoms with Crippen LogP contribution in [0.3, 0.4) is 0 Å². The second kappa shape index (κ2) is 15.2. The second-order valence-corrected chi connectivity index (χ2v) is 8.61. The molecule has 0 radical (unpaired) electrons. The Balaban J connectivity index is 0.00000420. The number of para-hydroxylation sites is 1. The van der Waals surface area contributed by atoms with Crippen molar-refractivity contribution in [3.8, 4) is 5.75 Å². The van der Waals surface area contributed by atoms with Gasteiger partial charge in [0, 0.05) is 42.9 Å². The highest BCUT2D eigenvalue weighted by molar-refractivity contribution is 14.0. The fourth-order valence-corrected chi connectivity index (χ4v) is 4.44. The van der Waals surface area contributed by atoms with Crippen molar-refractivity contribution in [3.63, 3.8) is 0 Å². The molecule has 166 valence electrons. The van der Waals surface area contributed by atoms with Gasteiger partial charge in [-0.3, -0.25) is 4.99 Å². The van der Waals surface area contributed by atoms with Gasteiger partial charge in [0.15, 0.2) is 5.96 Å². The number of guanidine groups is 1. The molecule has 2 rings (SSSR count). The lowest BCUT2D eigenvalue weighted by Gasteiger charge is -2.32. The van der Waals surface area contributed by atoms with Crippen LogP contribution < -0.4 is 15.4 Å². The third-order valence-electron chi connectivity index (χ3n) is 4.97. The lowest BCUT2D eigenvalue weighted by Crippen LogP contribution is -2.48. The van der Waals surface area contributed by atoms with E-state index in [9.17, 15) is 0 Å². The second-order valence-electron chi connectivity index (χ2n) is 7.55.